The number of hydrogen-bond acceptors (Lipinski definition) is 0. The Kier molecular flexibility index (Phi) is 2.83. The average Bonchev–Trinajstić information content (AvgIpc) is 2.67. The quantitative estimate of drug-likeness (QED) is 0.608. The summed E-state index contributed by atoms with van der Waals surface area (Å²) < 4.78 is 0. The molecule has 0 spiro atoms. The zero-order valence-corrected chi connectivity index (χ0v) is 8.45. The molecule has 0 aromatic heterocycles. The van der Waals surface area contributed by atoms with Gasteiger partial charge in [0.1, 0.15) is 0 Å². The van der Waals surface area contributed by atoms with Crippen LogP contribution in [0.15, 0.2) is 48.6 Å². The molecule has 0 amide bonds. The van der Waals surface area contributed by atoms with Crippen LogP contribution in [0.25, 0.3) is 6.08 Å². The molecule has 0 radical (unpaired) electrons. The van der Waals surface area contributed by atoms with Gasteiger partial charge in [-0.3, -0.25) is 0 Å². The highest BCUT2D eigenvalue weighted by Crippen LogP contribution is 2.32. The van der Waals surface area contributed by atoms with Crippen LogP contribution in [0.1, 0.15) is 24.8 Å². The fourth-order valence-corrected chi connectivity index (χ4v) is 2.11. The molecule has 1 unspecified atom stereocenters. The van der Waals surface area contributed by atoms with Crippen molar-refractivity contribution >= 4 is 6.08 Å². The fourth-order valence-electron chi connectivity index (χ4n) is 2.11. The Balaban J connectivity index is 2.22. The molecule has 0 aliphatic heterocycles. The molecule has 1 aromatic rings. The Bertz CT molecular complexity index is 332. The van der Waals surface area contributed by atoms with E-state index in [4.69, 9.17) is 0 Å². The Morgan fingerprint density at radius 2 is 2.00 bits per heavy atom. The van der Waals surface area contributed by atoms with Crippen LogP contribution in [0, 0.1) is 5.92 Å². The van der Waals surface area contributed by atoms with E-state index in [0.29, 0.717) is 5.92 Å². The van der Waals surface area contributed by atoms with E-state index >= 15 is 0 Å². The Morgan fingerprint density at radius 1 is 1.21 bits per heavy atom. The minimum Gasteiger partial charge on any atom is -0.102 e. The maximum Gasteiger partial charge on any atom is -0.00225 e. The van der Waals surface area contributed by atoms with Gasteiger partial charge in [-0.25, -0.2) is 0 Å². The van der Waals surface area contributed by atoms with Crippen molar-refractivity contribution in [3.05, 3.63) is 54.1 Å². The standard InChI is InChI=1S/C14H16/c1-2-13-9-6-10-14(13)11-12-7-4-3-5-8-12/h2-5,7-8,11,13H,1,6,9-10H2. The molecule has 1 aromatic carbocycles. The van der Waals surface area contributed by atoms with Gasteiger partial charge < -0.3 is 0 Å². The van der Waals surface area contributed by atoms with Crippen molar-refractivity contribution in [2.75, 3.05) is 0 Å². The molecule has 1 fully saturated rings. The molecule has 1 aliphatic carbocycles. The van der Waals surface area contributed by atoms with Crippen molar-refractivity contribution in [1.29, 1.82) is 0 Å². The minimum atomic E-state index is 0.621. The second-order valence-electron chi connectivity index (χ2n) is 3.86. The normalized spacial score (nSPS) is 24.0. The molecule has 0 heterocycles. The first-order chi connectivity index (χ1) is 6.90. The van der Waals surface area contributed by atoms with Gasteiger partial charge in [0.15, 0.2) is 0 Å². The molecule has 2 rings (SSSR count). The van der Waals surface area contributed by atoms with Crippen molar-refractivity contribution in [1.82, 2.24) is 0 Å². The lowest BCUT2D eigenvalue weighted by Crippen LogP contribution is -1.90. The maximum atomic E-state index is 3.89. The van der Waals surface area contributed by atoms with E-state index in [-0.39, 0.29) is 0 Å². The van der Waals surface area contributed by atoms with E-state index in [2.05, 4.69) is 49.1 Å². The summed E-state index contributed by atoms with van der Waals surface area (Å²) in [6, 6.07) is 10.5. The first-order valence-corrected chi connectivity index (χ1v) is 5.28. The van der Waals surface area contributed by atoms with Gasteiger partial charge in [0, 0.05) is 0 Å². The van der Waals surface area contributed by atoms with Gasteiger partial charge in [-0.15, -0.1) is 6.58 Å². The third-order valence-corrected chi connectivity index (χ3v) is 2.89. The molecular formula is C14H16. The summed E-state index contributed by atoms with van der Waals surface area (Å²) in [4.78, 5) is 0. The highest BCUT2D eigenvalue weighted by atomic mass is 14.2. The molecule has 0 N–H and O–H groups in total. The van der Waals surface area contributed by atoms with Crippen LogP contribution >= 0.6 is 0 Å². The third kappa shape index (κ3) is 1.95. The number of rotatable bonds is 2. The van der Waals surface area contributed by atoms with Crippen LogP contribution in [0.5, 0.6) is 0 Å². The second-order valence-corrected chi connectivity index (χ2v) is 3.86. The number of hydrogen-bond donors (Lipinski definition) is 0. The van der Waals surface area contributed by atoms with Crippen LogP contribution in [0.4, 0.5) is 0 Å². The summed E-state index contributed by atoms with van der Waals surface area (Å²) in [6.07, 6.45) is 8.24. The Morgan fingerprint density at radius 3 is 2.71 bits per heavy atom. The van der Waals surface area contributed by atoms with Crippen LogP contribution < -0.4 is 0 Å². The Hall–Kier alpha value is -1.30. The third-order valence-electron chi connectivity index (χ3n) is 2.89. The largest absolute Gasteiger partial charge is 0.102 e. The van der Waals surface area contributed by atoms with Crippen LogP contribution in [0.2, 0.25) is 0 Å². The smallest absolute Gasteiger partial charge is 0.00225 e. The summed E-state index contributed by atoms with van der Waals surface area (Å²) in [5.74, 6) is 0.621. The molecule has 0 saturated heterocycles. The van der Waals surface area contributed by atoms with Crippen LogP contribution in [0.3, 0.4) is 0 Å². The fraction of sp³-hybridized carbons (Fsp3) is 0.286. The molecule has 1 aliphatic rings. The molecule has 0 bridgehead atoms. The highest BCUT2D eigenvalue weighted by Gasteiger charge is 2.16. The zero-order valence-electron chi connectivity index (χ0n) is 8.45. The lowest BCUT2D eigenvalue weighted by atomic mass is 10.0. The van der Waals surface area contributed by atoms with Gasteiger partial charge >= 0.3 is 0 Å². The van der Waals surface area contributed by atoms with Gasteiger partial charge in [0.05, 0.1) is 0 Å². The highest BCUT2D eigenvalue weighted by molar-refractivity contribution is 5.54. The van der Waals surface area contributed by atoms with Crippen molar-refractivity contribution in [2.45, 2.75) is 19.3 Å². The van der Waals surface area contributed by atoms with Gasteiger partial charge in [-0.05, 0) is 30.7 Å². The molecule has 1 atom stereocenters. The second kappa shape index (κ2) is 4.28. The van der Waals surface area contributed by atoms with Gasteiger partial charge in [0.25, 0.3) is 0 Å². The van der Waals surface area contributed by atoms with Gasteiger partial charge in [-0.1, -0.05) is 48.1 Å². The van der Waals surface area contributed by atoms with Gasteiger partial charge in [0.2, 0.25) is 0 Å². The molecule has 0 nitrogen and oxygen atoms in total. The molecule has 14 heavy (non-hydrogen) atoms. The first-order valence-electron chi connectivity index (χ1n) is 5.28. The van der Waals surface area contributed by atoms with E-state index in [1.54, 1.807) is 5.57 Å². The summed E-state index contributed by atoms with van der Waals surface area (Å²) in [6.45, 7) is 3.89. The van der Waals surface area contributed by atoms with E-state index in [0.717, 1.165) is 0 Å². The van der Waals surface area contributed by atoms with Crippen LogP contribution in [-0.2, 0) is 0 Å². The molecule has 0 heteroatoms. The van der Waals surface area contributed by atoms with E-state index in [1.807, 2.05) is 0 Å². The zero-order chi connectivity index (χ0) is 9.80. The van der Waals surface area contributed by atoms with E-state index < -0.39 is 0 Å². The summed E-state index contributed by atoms with van der Waals surface area (Å²) in [7, 11) is 0. The van der Waals surface area contributed by atoms with Crippen molar-refractivity contribution in [2.24, 2.45) is 5.92 Å². The number of benzene rings is 1. The van der Waals surface area contributed by atoms with Crippen molar-refractivity contribution < 1.29 is 0 Å². The summed E-state index contributed by atoms with van der Waals surface area (Å²) >= 11 is 0. The lowest BCUT2D eigenvalue weighted by Gasteiger charge is -2.05. The van der Waals surface area contributed by atoms with Crippen LogP contribution in [-0.4, -0.2) is 0 Å². The lowest BCUT2D eigenvalue weighted by molar-refractivity contribution is 0.769. The SMILES string of the molecule is C=CC1CCCC1=Cc1ccccc1. The predicted octanol–water partition coefficient (Wildman–Crippen LogP) is 4.06. The minimum absolute atomic E-state index is 0.621. The Labute approximate surface area is 86.0 Å². The van der Waals surface area contributed by atoms with E-state index in [9.17, 15) is 0 Å². The first kappa shape index (κ1) is 9.26. The number of allylic oxidation sites excluding steroid dienone is 2. The van der Waals surface area contributed by atoms with Crippen molar-refractivity contribution in [3.63, 3.8) is 0 Å². The molecule has 1 saturated carbocycles. The topological polar surface area (TPSA) is 0 Å². The summed E-state index contributed by atoms with van der Waals surface area (Å²) in [5, 5.41) is 0. The summed E-state index contributed by atoms with van der Waals surface area (Å²) in [5.41, 5.74) is 2.86. The molecule has 72 valence electrons. The van der Waals surface area contributed by atoms with Crippen molar-refractivity contribution in [3.8, 4) is 0 Å². The molecular weight excluding hydrogens is 168 g/mol. The average molecular weight is 184 g/mol. The van der Waals surface area contributed by atoms with E-state index in [1.165, 1.54) is 24.8 Å². The maximum absolute atomic E-state index is 3.89. The predicted molar refractivity (Wildman–Crippen MR) is 62.0 cm³/mol. The monoisotopic (exact) mass is 184 g/mol. The van der Waals surface area contributed by atoms with Gasteiger partial charge in [-0.2, -0.15) is 0 Å².